The Morgan fingerprint density at radius 1 is 1.39 bits per heavy atom. The van der Waals surface area contributed by atoms with Crippen molar-refractivity contribution in [1.29, 1.82) is 0 Å². The highest BCUT2D eigenvalue weighted by molar-refractivity contribution is 7.99. The summed E-state index contributed by atoms with van der Waals surface area (Å²) < 4.78 is 5.67. The lowest BCUT2D eigenvalue weighted by Crippen LogP contribution is -2.30. The van der Waals surface area contributed by atoms with Crippen LogP contribution in [0.4, 0.5) is 0 Å². The molecule has 1 aromatic heterocycles. The third-order valence-corrected chi connectivity index (χ3v) is 3.89. The number of nitrogens with one attached hydrogen (secondary N) is 1. The van der Waals surface area contributed by atoms with Crippen LogP contribution in [0.1, 0.15) is 19.7 Å². The van der Waals surface area contributed by atoms with Crippen LogP contribution in [0.15, 0.2) is 28.7 Å². The van der Waals surface area contributed by atoms with Crippen LogP contribution in [0.2, 0.25) is 0 Å². The van der Waals surface area contributed by atoms with Gasteiger partial charge in [-0.05, 0) is 24.8 Å². The second-order valence-corrected chi connectivity index (χ2v) is 5.66. The van der Waals surface area contributed by atoms with Gasteiger partial charge < -0.3 is 9.73 Å². The van der Waals surface area contributed by atoms with E-state index < -0.39 is 0 Å². The molecular weight excluding hydrogens is 244 g/mol. The summed E-state index contributed by atoms with van der Waals surface area (Å²) >= 11 is 1.96. The summed E-state index contributed by atoms with van der Waals surface area (Å²) in [6, 6.07) is 8.44. The lowest BCUT2D eigenvalue weighted by atomic mass is 10.3. The molecule has 2 rings (SSSR count). The maximum absolute atomic E-state index is 5.67. The quantitative estimate of drug-likeness (QED) is 0.834. The van der Waals surface area contributed by atoms with Gasteiger partial charge in [0.05, 0.1) is 0 Å². The Morgan fingerprint density at radius 3 is 3.00 bits per heavy atom. The molecule has 18 heavy (non-hydrogen) atoms. The molecule has 0 fully saturated rings. The lowest BCUT2D eigenvalue weighted by Gasteiger charge is -2.11. The molecule has 0 unspecified atom stereocenters. The van der Waals surface area contributed by atoms with Crippen LogP contribution < -0.4 is 5.32 Å². The molecule has 0 spiro atoms. The van der Waals surface area contributed by atoms with E-state index in [-0.39, 0.29) is 0 Å². The molecular formula is C14H20N2OS. The first-order chi connectivity index (χ1) is 8.79. The SMILES string of the molecule is CCSC[C@H](C)NCCc1nc2ccccc2o1. The van der Waals surface area contributed by atoms with Crippen LogP contribution in [0.3, 0.4) is 0 Å². The number of benzene rings is 1. The zero-order valence-electron chi connectivity index (χ0n) is 11.0. The minimum atomic E-state index is 0.541. The smallest absolute Gasteiger partial charge is 0.196 e. The molecule has 0 radical (unpaired) electrons. The Balaban J connectivity index is 1.79. The highest BCUT2D eigenvalue weighted by Crippen LogP contribution is 2.14. The van der Waals surface area contributed by atoms with E-state index in [9.17, 15) is 0 Å². The average molecular weight is 264 g/mol. The Hall–Kier alpha value is -1.00. The van der Waals surface area contributed by atoms with Crippen molar-refractivity contribution in [3.05, 3.63) is 30.2 Å². The molecule has 3 nitrogen and oxygen atoms in total. The highest BCUT2D eigenvalue weighted by atomic mass is 32.2. The number of fused-ring (bicyclic) bond motifs is 1. The van der Waals surface area contributed by atoms with Crippen LogP contribution in [0, 0.1) is 0 Å². The summed E-state index contributed by atoms with van der Waals surface area (Å²) in [5, 5.41) is 3.49. The van der Waals surface area contributed by atoms with Gasteiger partial charge in [0.1, 0.15) is 5.52 Å². The van der Waals surface area contributed by atoms with Gasteiger partial charge in [0.25, 0.3) is 0 Å². The fourth-order valence-corrected chi connectivity index (χ4v) is 2.51. The molecule has 1 aromatic carbocycles. The number of hydrogen-bond donors (Lipinski definition) is 1. The largest absolute Gasteiger partial charge is 0.441 e. The summed E-state index contributed by atoms with van der Waals surface area (Å²) in [6.45, 7) is 5.32. The second-order valence-electron chi connectivity index (χ2n) is 4.34. The van der Waals surface area contributed by atoms with Crippen LogP contribution in [0.25, 0.3) is 11.1 Å². The van der Waals surface area contributed by atoms with E-state index in [1.165, 1.54) is 5.75 Å². The van der Waals surface area contributed by atoms with Crippen molar-refractivity contribution in [3.63, 3.8) is 0 Å². The van der Waals surface area contributed by atoms with Crippen LogP contribution in [-0.4, -0.2) is 29.1 Å². The van der Waals surface area contributed by atoms with Gasteiger partial charge in [-0.2, -0.15) is 11.8 Å². The number of aromatic nitrogens is 1. The summed E-state index contributed by atoms with van der Waals surface area (Å²) in [7, 11) is 0. The van der Waals surface area contributed by atoms with Crippen molar-refractivity contribution in [1.82, 2.24) is 10.3 Å². The summed E-state index contributed by atoms with van der Waals surface area (Å²) in [4.78, 5) is 4.46. The monoisotopic (exact) mass is 264 g/mol. The van der Waals surface area contributed by atoms with Gasteiger partial charge in [-0.3, -0.25) is 0 Å². The topological polar surface area (TPSA) is 38.1 Å². The lowest BCUT2D eigenvalue weighted by molar-refractivity contribution is 0.502. The predicted molar refractivity (Wildman–Crippen MR) is 78.2 cm³/mol. The minimum absolute atomic E-state index is 0.541. The standard InChI is InChI=1S/C14H20N2OS/c1-3-18-10-11(2)15-9-8-14-16-12-6-4-5-7-13(12)17-14/h4-7,11,15H,3,8-10H2,1-2H3/t11-/m0/s1. The third kappa shape index (κ3) is 3.75. The van der Waals surface area contributed by atoms with Crippen molar-refractivity contribution in [2.75, 3.05) is 18.1 Å². The number of thioether (sulfide) groups is 1. The maximum Gasteiger partial charge on any atom is 0.196 e. The van der Waals surface area contributed by atoms with Gasteiger partial charge in [0.2, 0.25) is 0 Å². The van der Waals surface area contributed by atoms with Gasteiger partial charge in [-0.25, -0.2) is 4.98 Å². The molecule has 1 atom stereocenters. The fraction of sp³-hybridized carbons (Fsp3) is 0.500. The normalized spacial score (nSPS) is 13.0. The number of rotatable bonds is 7. The number of hydrogen-bond acceptors (Lipinski definition) is 4. The molecule has 0 saturated carbocycles. The fourth-order valence-electron chi connectivity index (χ4n) is 1.81. The Kier molecular flexibility index (Phi) is 5.08. The third-order valence-electron chi connectivity index (χ3n) is 2.74. The maximum atomic E-state index is 5.67. The van der Waals surface area contributed by atoms with Gasteiger partial charge in [0, 0.05) is 24.8 Å². The van der Waals surface area contributed by atoms with Crippen molar-refractivity contribution < 1.29 is 4.42 Å². The molecule has 0 aliphatic rings. The molecule has 0 aliphatic heterocycles. The van der Waals surface area contributed by atoms with E-state index in [1.807, 2.05) is 36.0 Å². The number of oxazole rings is 1. The van der Waals surface area contributed by atoms with Gasteiger partial charge in [-0.15, -0.1) is 0 Å². The zero-order chi connectivity index (χ0) is 12.8. The molecule has 0 saturated heterocycles. The van der Waals surface area contributed by atoms with Crippen LogP contribution >= 0.6 is 11.8 Å². The minimum Gasteiger partial charge on any atom is -0.441 e. The molecule has 2 aromatic rings. The van der Waals surface area contributed by atoms with Crippen LogP contribution in [0.5, 0.6) is 0 Å². The Morgan fingerprint density at radius 2 is 2.22 bits per heavy atom. The summed E-state index contributed by atoms with van der Waals surface area (Å²) in [5.41, 5.74) is 1.82. The van der Waals surface area contributed by atoms with Crippen molar-refractivity contribution >= 4 is 22.9 Å². The summed E-state index contributed by atoms with van der Waals surface area (Å²) in [6.07, 6.45) is 0.843. The molecule has 0 amide bonds. The second kappa shape index (κ2) is 6.81. The zero-order valence-corrected chi connectivity index (χ0v) is 11.8. The first-order valence-corrected chi connectivity index (χ1v) is 7.60. The average Bonchev–Trinajstić information content (AvgIpc) is 2.79. The summed E-state index contributed by atoms with van der Waals surface area (Å²) in [5.74, 6) is 3.15. The molecule has 1 heterocycles. The van der Waals surface area contributed by atoms with E-state index in [2.05, 4.69) is 24.1 Å². The van der Waals surface area contributed by atoms with Crippen molar-refractivity contribution in [2.45, 2.75) is 26.3 Å². The van der Waals surface area contributed by atoms with Gasteiger partial charge in [-0.1, -0.05) is 19.1 Å². The van der Waals surface area contributed by atoms with Gasteiger partial charge >= 0.3 is 0 Å². The van der Waals surface area contributed by atoms with E-state index in [4.69, 9.17) is 4.42 Å². The molecule has 0 bridgehead atoms. The molecule has 4 heteroatoms. The Labute approximate surface area is 112 Å². The van der Waals surface area contributed by atoms with Crippen molar-refractivity contribution in [2.24, 2.45) is 0 Å². The Bertz CT molecular complexity index is 450. The first-order valence-electron chi connectivity index (χ1n) is 6.45. The number of nitrogens with zero attached hydrogens (tertiary/aromatic N) is 1. The highest BCUT2D eigenvalue weighted by Gasteiger charge is 2.05. The molecule has 0 aliphatic carbocycles. The molecule has 98 valence electrons. The van der Waals surface area contributed by atoms with Crippen LogP contribution in [-0.2, 0) is 6.42 Å². The van der Waals surface area contributed by atoms with E-state index >= 15 is 0 Å². The van der Waals surface area contributed by atoms with Crippen molar-refractivity contribution in [3.8, 4) is 0 Å². The van der Waals surface area contributed by atoms with Gasteiger partial charge in [0.15, 0.2) is 11.5 Å². The number of para-hydroxylation sites is 2. The van der Waals surface area contributed by atoms with E-state index in [0.29, 0.717) is 6.04 Å². The first kappa shape index (κ1) is 13.4. The predicted octanol–water partition coefficient (Wildman–Crippen LogP) is 3.10. The molecule has 1 N–H and O–H groups in total. The van der Waals surface area contributed by atoms with E-state index in [1.54, 1.807) is 0 Å². The van der Waals surface area contributed by atoms with E-state index in [0.717, 1.165) is 35.7 Å².